The average Bonchev–Trinajstić information content (AvgIpc) is 2.03. The van der Waals surface area contributed by atoms with Gasteiger partial charge in [0.05, 0.1) is 0 Å². The van der Waals surface area contributed by atoms with Gasteiger partial charge in [0, 0.05) is 17.6 Å². The molecule has 12 heavy (non-hydrogen) atoms. The summed E-state index contributed by atoms with van der Waals surface area (Å²) >= 11 is 5.90. The largest absolute Gasteiger partial charge is 0.310 e. The number of hydrogen-bond acceptors (Lipinski definition) is 1. The van der Waals surface area contributed by atoms with Crippen molar-refractivity contribution in [3.05, 3.63) is 34.3 Å². The monoisotopic (exact) mass is 181 g/mol. The van der Waals surface area contributed by atoms with E-state index in [1.54, 1.807) is 0 Å². The molecule has 0 bridgehead atoms. The first-order chi connectivity index (χ1) is 5.75. The number of hydrogen-bond donors (Lipinski definition) is 1. The molecule has 0 spiro atoms. The first-order valence-corrected chi connectivity index (χ1v) is 4.64. The van der Waals surface area contributed by atoms with E-state index in [9.17, 15) is 0 Å². The molecule has 0 amide bonds. The molecule has 1 aliphatic rings. The first-order valence-electron chi connectivity index (χ1n) is 4.26. The Morgan fingerprint density at radius 1 is 1.42 bits per heavy atom. The van der Waals surface area contributed by atoms with Crippen molar-refractivity contribution in [1.82, 2.24) is 5.32 Å². The fourth-order valence-electron chi connectivity index (χ4n) is 1.64. The van der Waals surface area contributed by atoms with Crippen molar-refractivity contribution in [2.45, 2.75) is 25.9 Å². The summed E-state index contributed by atoms with van der Waals surface area (Å²) in [7, 11) is 0. The summed E-state index contributed by atoms with van der Waals surface area (Å²) < 4.78 is 0. The molecule has 1 atom stereocenters. The van der Waals surface area contributed by atoms with E-state index in [0.29, 0.717) is 6.04 Å². The predicted octanol–water partition coefficient (Wildman–Crippen LogP) is 2.37. The lowest BCUT2D eigenvalue weighted by atomic mass is 9.97. The standard InChI is InChI=1S/C10H12ClN/c1-7-4-9-5-10(11)3-2-8(9)6-12-7/h2-3,5,7,12H,4,6H2,1H3/t7-/m0/s1. The van der Waals surface area contributed by atoms with Gasteiger partial charge in [0.15, 0.2) is 0 Å². The van der Waals surface area contributed by atoms with Crippen LogP contribution in [0.2, 0.25) is 5.02 Å². The second-order valence-corrected chi connectivity index (χ2v) is 3.84. The van der Waals surface area contributed by atoms with E-state index < -0.39 is 0 Å². The highest BCUT2D eigenvalue weighted by Crippen LogP contribution is 2.20. The molecule has 0 unspecified atom stereocenters. The molecule has 1 aliphatic heterocycles. The summed E-state index contributed by atoms with van der Waals surface area (Å²) in [5.41, 5.74) is 2.78. The van der Waals surface area contributed by atoms with Crippen LogP contribution in [0.1, 0.15) is 18.1 Å². The zero-order valence-corrected chi connectivity index (χ0v) is 7.86. The molecule has 64 valence electrons. The summed E-state index contributed by atoms with van der Waals surface area (Å²) in [6.07, 6.45) is 1.09. The highest BCUT2D eigenvalue weighted by Gasteiger charge is 2.13. The van der Waals surface area contributed by atoms with Gasteiger partial charge < -0.3 is 5.32 Å². The Kier molecular flexibility index (Phi) is 2.07. The molecule has 0 saturated carbocycles. The van der Waals surface area contributed by atoms with Crippen LogP contribution in [-0.4, -0.2) is 6.04 Å². The van der Waals surface area contributed by atoms with Crippen LogP contribution in [0, 0.1) is 0 Å². The van der Waals surface area contributed by atoms with Crippen molar-refractivity contribution >= 4 is 11.6 Å². The van der Waals surface area contributed by atoms with Gasteiger partial charge in [0.25, 0.3) is 0 Å². The molecule has 2 heteroatoms. The van der Waals surface area contributed by atoms with Crippen molar-refractivity contribution in [3.8, 4) is 0 Å². The van der Waals surface area contributed by atoms with E-state index in [0.717, 1.165) is 18.0 Å². The highest BCUT2D eigenvalue weighted by molar-refractivity contribution is 6.30. The lowest BCUT2D eigenvalue weighted by molar-refractivity contribution is 0.514. The predicted molar refractivity (Wildman–Crippen MR) is 51.5 cm³/mol. The summed E-state index contributed by atoms with van der Waals surface area (Å²) in [5.74, 6) is 0. The van der Waals surface area contributed by atoms with E-state index in [1.807, 2.05) is 6.07 Å². The van der Waals surface area contributed by atoms with Gasteiger partial charge >= 0.3 is 0 Å². The van der Waals surface area contributed by atoms with Crippen LogP contribution in [0.15, 0.2) is 18.2 Å². The second kappa shape index (κ2) is 3.08. The van der Waals surface area contributed by atoms with Gasteiger partial charge in [-0.25, -0.2) is 0 Å². The van der Waals surface area contributed by atoms with Crippen LogP contribution in [-0.2, 0) is 13.0 Å². The topological polar surface area (TPSA) is 12.0 Å². The summed E-state index contributed by atoms with van der Waals surface area (Å²) in [6.45, 7) is 3.18. The van der Waals surface area contributed by atoms with Crippen LogP contribution >= 0.6 is 11.6 Å². The number of benzene rings is 1. The Hall–Kier alpha value is -0.530. The fourth-order valence-corrected chi connectivity index (χ4v) is 1.84. The number of rotatable bonds is 0. The second-order valence-electron chi connectivity index (χ2n) is 3.40. The number of nitrogens with one attached hydrogen (secondary N) is 1. The maximum Gasteiger partial charge on any atom is 0.0408 e. The zero-order valence-electron chi connectivity index (χ0n) is 7.10. The van der Waals surface area contributed by atoms with E-state index in [2.05, 4.69) is 24.4 Å². The molecule has 0 aromatic heterocycles. The van der Waals surface area contributed by atoms with Gasteiger partial charge in [-0.15, -0.1) is 0 Å². The molecule has 0 radical (unpaired) electrons. The number of halogens is 1. The fraction of sp³-hybridized carbons (Fsp3) is 0.400. The zero-order chi connectivity index (χ0) is 8.55. The lowest BCUT2D eigenvalue weighted by Gasteiger charge is -2.22. The van der Waals surface area contributed by atoms with Crippen LogP contribution in [0.5, 0.6) is 0 Å². The van der Waals surface area contributed by atoms with Crippen molar-refractivity contribution in [2.75, 3.05) is 0 Å². The molecule has 1 aromatic rings. The molecule has 1 aromatic carbocycles. The summed E-state index contributed by atoms with van der Waals surface area (Å²) in [6, 6.07) is 6.72. The van der Waals surface area contributed by atoms with Crippen LogP contribution in [0.3, 0.4) is 0 Å². The average molecular weight is 182 g/mol. The minimum absolute atomic E-state index is 0.580. The van der Waals surface area contributed by atoms with Gasteiger partial charge in [0.1, 0.15) is 0 Å². The lowest BCUT2D eigenvalue weighted by Crippen LogP contribution is -2.32. The van der Waals surface area contributed by atoms with Crippen molar-refractivity contribution in [2.24, 2.45) is 0 Å². The third-order valence-corrected chi connectivity index (χ3v) is 2.57. The Bertz CT molecular complexity index is 296. The van der Waals surface area contributed by atoms with Gasteiger partial charge in [0.2, 0.25) is 0 Å². The van der Waals surface area contributed by atoms with Crippen molar-refractivity contribution in [3.63, 3.8) is 0 Å². The molecule has 1 heterocycles. The summed E-state index contributed by atoms with van der Waals surface area (Å²) in [5, 5.41) is 4.26. The molecule has 0 aliphatic carbocycles. The molecule has 1 N–H and O–H groups in total. The molecular weight excluding hydrogens is 170 g/mol. The minimum atomic E-state index is 0.580. The Balaban J connectivity index is 2.37. The molecule has 0 saturated heterocycles. The van der Waals surface area contributed by atoms with Gasteiger partial charge in [-0.1, -0.05) is 17.7 Å². The Morgan fingerprint density at radius 3 is 3.08 bits per heavy atom. The Morgan fingerprint density at radius 2 is 2.25 bits per heavy atom. The molecular formula is C10H12ClN. The summed E-state index contributed by atoms with van der Waals surface area (Å²) in [4.78, 5) is 0. The molecule has 1 nitrogen and oxygen atoms in total. The highest BCUT2D eigenvalue weighted by atomic mass is 35.5. The third kappa shape index (κ3) is 1.47. The molecule has 0 fully saturated rings. The van der Waals surface area contributed by atoms with Crippen LogP contribution in [0.4, 0.5) is 0 Å². The minimum Gasteiger partial charge on any atom is -0.310 e. The SMILES string of the molecule is C[C@H]1Cc2cc(Cl)ccc2CN1. The smallest absolute Gasteiger partial charge is 0.0408 e. The number of fused-ring (bicyclic) bond motifs is 1. The van der Waals surface area contributed by atoms with Gasteiger partial charge in [-0.3, -0.25) is 0 Å². The maximum absolute atomic E-state index is 5.90. The van der Waals surface area contributed by atoms with E-state index in [4.69, 9.17) is 11.6 Å². The van der Waals surface area contributed by atoms with Crippen molar-refractivity contribution in [1.29, 1.82) is 0 Å². The van der Waals surface area contributed by atoms with E-state index in [-0.39, 0.29) is 0 Å². The van der Waals surface area contributed by atoms with Gasteiger partial charge in [-0.2, -0.15) is 0 Å². The third-order valence-electron chi connectivity index (χ3n) is 2.34. The normalized spacial score (nSPS) is 22.0. The quantitative estimate of drug-likeness (QED) is 0.648. The van der Waals surface area contributed by atoms with Crippen LogP contribution < -0.4 is 5.32 Å². The van der Waals surface area contributed by atoms with E-state index >= 15 is 0 Å². The Labute approximate surface area is 77.7 Å². The van der Waals surface area contributed by atoms with E-state index in [1.165, 1.54) is 11.1 Å². The maximum atomic E-state index is 5.90. The van der Waals surface area contributed by atoms with Gasteiger partial charge in [-0.05, 0) is 36.6 Å². The van der Waals surface area contributed by atoms with Crippen LogP contribution in [0.25, 0.3) is 0 Å². The van der Waals surface area contributed by atoms with Crippen molar-refractivity contribution < 1.29 is 0 Å². The molecule has 2 rings (SSSR count). The first kappa shape index (κ1) is 8.09.